The lowest BCUT2D eigenvalue weighted by Crippen LogP contribution is -2.32. The van der Waals surface area contributed by atoms with Gasteiger partial charge in [-0.3, -0.25) is 14.4 Å². The number of rotatable bonds is 4. The molecule has 0 amide bonds. The Morgan fingerprint density at radius 2 is 2.00 bits per heavy atom. The molecule has 3 rings (SSSR count). The maximum Gasteiger partial charge on any atom is 0.270 e. The van der Waals surface area contributed by atoms with Gasteiger partial charge in [-0.25, -0.2) is 0 Å². The summed E-state index contributed by atoms with van der Waals surface area (Å²) in [5.74, 6) is 0.609. The molecule has 1 heterocycles. The van der Waals surface area contributed by atoms with Crippen molar-refractivity contribution >= 4 is 5.91 Å². The van der Waals surface area contributed by atoms with E-state index in [2.05, 4.69) is 0 Å². The molecular formula is C20H24N2O2. The molecule has 1 aromatic heterocycles. The number of pyridine rings is 1. The van der Waals surface area contributed by atoms with E-state index in [4.69, 9.17) is 9.73 Å². The van der Waals surface area contributed by atoms with Crippen LogP contribution in [-0.4, -0.2) is 23.1 Å². The number of aryl methyl sites for hydroxylation is 1. The summed E-state index contributed by atoms with van der Waals surface area (Å²) in [4.78, 5) is 17.3. The van der Waals surface area contributed by atoms with Crippen molar-refractivity contribution in [3.8, 4) is 5.75 Å². The summed E-state index contributed by atoms with van der Waals surface area (Å²) < 4.78 is 7.24. The standard InChI is InChI=1S/C20H24N2O2/c1-16-8-7-11-18(14-16)24-15-20(23)22-13-6-5-12-19(22)21-17-9-3-2-4-10-17/h5-8,11-14,17H,2-4,9-10,15H2,1H3. The fourth-order valence-corrected chi connectivity index (χ4v) is 3.07. The Morgan fingerprint density at radius 3 is 2.79 bits per heavy atom. The number of aromatic nitrogens is 1. The lowest BCUT2D eigenvalue weighted by atomic mass is 9.96. The summed E-state index contributed by atoms with van der Waals surface area (Å²) in [5, 5.41) is 0. The molecular weight excluding hydrogens is 300 g/mol. The summed E-state index contributed by atoms with van der Waals surface area (Å²) >= 11 is 0. The fourth-order valence-electron chi connectivity index (χ4n) is 3.07. The van der Waals surface area contributed by atoms with Gasteiger partial charge in [0.1, 0.15) is 11.2 Å². The zero-order valence-corrected chi connectivity index (χ0v) is 14.1. The Hall–Kier alpha value is -2.36. The average molecular weight is 324 g/mol. The quantitative estimate of drug-likeness (QED) is 0.859. The zero-order chi connectivity index (χ0) is 16.8. The molecule has 0 N–H and O–H groups in total. The highest BCUT2D eigenvalue weighted by molar-refractivity contribution is 5.80. The largest absolute Gasteiger partial charge is 0.484 e. The molecule has 2 aromatic rings. The Kier molecular flexibility index (Phi) is 5.47. The summed E-state index contributed by atoms with van der Waals surface area (Å²) in [5.41, 5.74) is 1.84. The summed E-state index contributed by atoms with van der Waals surface area (Å²) in [6, 6.07) is 13.7. The van der Waals surface area contributed by atoms with Crippen LogP contribution in [0.3, 0.4) is 0 Å². The van der Waals surface area contributed by atoms with Crippen LogP contribution in [0.4, 0.5) is 0 Å². The fraction of sp³-hybridized carbons (Fsp3) is 0.400. The minimum absolute atomic E-state index is 0.00528. The molecule has 24 heavy (non-hydrogen) atoms. The number of benzene rings is 1. The lowest BCUT2D eigenvalue weighted by Gasteiger charge is -2.17. The number of carbonyl (C=O) groups is 1. The highest BCUT2D eigenvalue weighted by Crippen LogP contribution is 2.19. The van der Waals surface area contributed by atoms with Gasteiger partial charge in [-0.15, -0.1) is 0 Å². The molecule has 0 bridgehead atoms. The Morgan fingerprint density at radius 1 is 1.17 bits per heavy atom. The molecule has 1 fully saturated rings. The molecule has 0 spiro atoms. The van der Waals surface area contributed by atoms with E-state index in [1.807, 2.05) is 49.4 Å². The van der Waals surface area contributed by atoms with Gasteiger partial charge < -0.3 is 4.74 Å². The van der Waals surface area contributed by atoms with Crippen molar-refractivity contribution in [3.63, 3.8) is 0 Å². The van der Waals surface area contributed by atoms with E-state index in [0.29, 0.717) is 11.8 Å². The summed E-state index contributed by atoms with van der Waals surface area (Å²) in [6.45, 7) is 2.01. The molecule has 1 aromatic carbocycles. The second-order valence-corrected chi connectivity index (χ2v) is 6.35. The molecule has 0 saturated heterocycles. The molecule has 0 aliphatic heterocycles. The van der Waals surface area contributed by atoms with Gasteiger partial charge in [0.2, 0.25) is 0 Å². The van der Waals surface area contributed by atoms with E-state index >= 15 is 0 Å². The minimum Gasteiger partial charge on any atom is -0.484 e. The van der Waals surface area contributed by atoms with Crippen LogP contribution in [0.15, 0.2) is 53.7 Å². The molecule has 1 aliphatic carbocycles. The molecule has 4 heteroatoms. The van der Waals surface area contributed by atoms with Crippen LogP contribution in [0, 0.1) is 6.92 Å². The molecule has 1 aliphatic rings. The number of hydrogen-bond acceptors (Lipinski definition) is 3. The average Bonchev–Trinajstić information content (AvgIpc) is 2.61. The molecule has 0 unspecified atom stereocenters. The maximum atomic E-state index is 12.5. The van der Waals surface area contributed by atoms with Gasteiger partial charge in [0.25, 0.3) is 5.91 Å². The summed E-state index contributed by atoms with van der Waals surface area (Å²) in [6.07, 6.45) is 7.75. The van der Waals surface area contributed by atoms with Gasteiger partial charge in [0.15, 0.2) is 6.61 Å². The third kappa shape index (κ3) is 4.34. The minimum atomic E-state index is -0.105. The van der Waals surface area contributed by atoms with Gasteiger partial charge in [-0.05, 0) is 49.6 Å². The first-order valence-corrected chi connectivity index (χ1v) is 8.66. The van der Waals surface area contributed by atoms with Crippen LogP contribution in [0.1, 0.15) is 42.5 Å². The SMILES string of the molecule is Cc1cccc(OCC(=O)n2ccccc2=NC2CCCCC2)c1. The van der Waals surface area contributed by atoms with Crippen molar-refractivity contribution in [1.82, 2.24) is 4.57 Å². The number of nitrogens with zero attached hydrogens (tertiary/aromatic N) is 2. The van der Waals surface area contributed by atoms with E-state index in [0.717, 1.165) is 23.9 Å². The Balaban J connectivity index is 1.73. The molecule has 1 saturated carbocycles. The van der Waals surface area contributed by atoms with Crippen molar-refractivity contribution in [2.24, 2.45) is 4.99 Å². The lowest BCUT2D eigenvalue weighted by molar-refractivity contribution is 0.0831. The third-order valence-electron chi connectivity index (χ3n) is 4.35. The van der Waals surface area contributed by atoms with Crippen LogP contribution < -0.4 is 10.2 Å². The van der Waals surface area contributed by atoms with Crippen molar-refractivity contribution in [2.45, 2.75) is 45.1 Å². The first-order chi connectivity index (χ1) is 11.7. The van der Waals surface area contributed by atoms with Gasteiger partial charge >= 0.3 is 0 Å². The van der Waals surface area contributed by atoms with Crippen molar-refractivity contribution in [2.75, 3.05) is 6.61 Å². The van der Waals surface area contributed by atoms with E-state index in [9.17, 15) is 4.79 Å². The van der Waals surface area contributed by atoms with Crippen LogP contribution in [0.25, 0.3) is 0 Å². The van der Waals surface area contributed by atoms with Gasteiger partial charge in [-0.1, -0.05) is 37.5 Å². The maximum absolute atomic E-state index is 12.5. The predicted octanol–water partition coefficient (Wildman–Crippen LogP) is 3.75. The van der Waals surface area contributed by atoms with Crippen molar-refractivity contribution in [3.05, 3.63) is 59.7 Å². The molecule has 0 radical (unpaired) electrons. The van der Waals surface area contributed by atoms with Crippen LogP contribution in [-0.2, 0) is 0 Å². The number of hydrogen-bond donors (Lipinski definition) is 0. The normalized spacial score (nSPS) is 16.1. The predicted molar refractivity (Wildman–Crippen MR) is 94.2 cm³/mol. The summed E-state index contributed by atoms with van der Waals surface area (Å²) in [7, 11) is 0. The highest BCUT2D eigenvalue weighted by atomic mass is 16.5. The molecule has 0 atom stereocenters. The topological polar surface area (TPSA) is 43.6 Å². The molecule has 4 nitrogen and oxygen atoms in total. The zero-order valence-electron chi connectivity index (χ0n) is 14.1. The third-order valence-corrected chi connectivity index (χ3v) is 4.35. The van der Waals surface area contributed by atoms with Gasteiger partial charge in [0, 0.05) is 6.20 Å². The number of ether oxygens (including phenoxy) is 1. The van der Waals surface area contributed by atoms with Crippen molar-refractivity contribution < 1.29 is 9.53 Å². The van der Waals surface area contributed by atoms with Gasteiger partial charge in [0.05, 0.1) is 6.04 Å². The first-order valence-electron chi connectivity index (χ1n) is 8.66. The van der Waals surface area contributed by atoms with Crippen LogP contribution >= 0.6 is 0 Å². The smallest absolute Gasteiger partial charge is 0.270 e. The second kappa shape index (κ2) is 7.95. The van der Waals surface area contributed by atoms with Crippen LogP contribution in [0.5, 0.6) is 5.75 Å². The molecule has 126 valence electrons. The number of carbonyl (C=O) groups excluding carboxylic acids is 1. The second-order valence-electron chi connectivity index (χ2n) is 6.35. The van der Waals surface area contributed by atoms with Crippen molar-refractivity contribution in [1.29, 1.82) is 0 Å². The van der Waals surface area contributed by atoms with Gasteiger partial charge in [-0.2, -0.15) is 0 Å². The van der Waals surface area contributed by atoms with E-state index < -0.39 is 0 Å². The Labute approximate surface area is 142 Å². The first kappa shape index (κ1) is 16.5. The van der Waals surface area contributed by atoms with Crippen LogP contribution in [0.2, 0.25) is 0 Å². The van der Waals surface area contributed by atoms with E-state index in [-0.39, 0.29) is 12.5 Å². The highest BCUT2D eigenvalue weighted by Gasteiger charge is 2.13. The van der Waals surface area contributed by atoms with E-state index in [1.165, 1.54) is 19.3 Å². The Bertz CT molecular complexity index is 758. The monoisotopic (exact) mass is 324 g/mol. The van der Waals surface area contributed by atoms with E-state index in [1.54, 1.807) is 10.8 Å².